The fraction of sp³-hybridized carbons (Fsp3) is 0.250. The molecule has 0 spiro atoms. The number of hydrogen-bond acceptors (Lipinski definition) is 4. The zero-order valence-corrected chi connectivity index (χ0v) is 11.9. The van der Waals surface area contributed by atoms with Crippen LogP contribution in [0.1, 0.15) is 28.0 Å². The van der Waals surface area contributed by atoms with Crippen molar-refractivity contribution in [2.45, 2.75) is 19.8 Å². The molecule has 21 heavy (non-hydrogen) atoms. The maximum atomic E-state index is 11.5. The third-order valence-corrected chi connectivity index (χ3v) is 3.61. The van der Waals surface area contributed by atoms with Crippen molar-refractivity contribution >= 4 is 23.1 Å². The van der Waals surface area contributed by atoms with Crippen LogP contribution in [0.5, 0.6) is 0 Å². The number of carbonyl (C=O) groups is 1. The molecular weight excluding hydrogens is 264 g/mol. The smallest absolute Gasteiger partial charge is 0.252 e. The largest absolute Gasteiger partial charge is 0.385 e. The van der Waals surface area contributed by atoms with E-state index in [1.807, 2.05) is 13.0 Å². The highest BCUT2D eigenvalue weighted by atomic mass is 16.1. The van der Waals surface area contributed by atoms with E-state index in [1.165, 1.54) is 11.3 Å². The third-order valence-electron chi connectivity index (χ3n) is 3.61. The van der Waals surface area contributed by atoms with Gasteiger partial charge in [-0.15, -0.1) is 0 Å². The van der Waals surface area contributed by atoms with Gasteiger partial charge in [-0.05, 0) is 55.7 Å². The molecule has 1 amide bonds. The van der Waals surface area contributed by atoms with Crippen LogP contribution in [0.2, 0.25) is 0 Å². The second-order valence-corrected chi connectivity index (χ2v) is 5.24. The highest BCUT2D eigenvalue weighted by Crippen LogP contribution is 2.27. The van der Waals surface area contributed by atoms with Crippen molar-refractivity contribution in [2.75, 3.05) is 17.2 Å². The van der Waals surface area contributed by atoms with Crippen LogP contribution >= 0.6 is 0 Å². The molecule has 108 valence electrons. The Morgan fingerprint density at radius 3 is 3.00 bits per heavy atom. The summed E-state index contributed by atoms with van der Waals surface area (Å²) in [6, 6.07) is 9.60. The first kappa shape index (κ1) is 13.4. The molecule has 0 unspecified atom stereocenters. The molecule has 1 aromatic heterocycles. The number of aromatic nitrogens is 1. The number of nitrogens with two attached hydrogens (primary N) is 1. The number of nitrogens with one attached hydrogen (secondary N) is 2. The van der Waals surface area contributed by atoms with Crippen LogP contribution in [0, 0.1) is 6.92 Å². The van der Waals surface area contributed by atoms with Crippen molar-refractivity contribution in [1.82, 2.24) is 4.98 Å². The minimum atomic E-state index is -0.482. The van der Waals surface area contributed by atoms with E-state index >= 15 is 0 Å². The lowest BCUT2D eigenvalue weighted by molar-refractivity contribution is 0.100. The zero-order valence-electron chi connectivity index (χ0n) is 11.9. The third kappa shape index (κ3) is 2.81. The molecule has 0 aliphatic carbocycles. The Hall–Kier alpha value is -2.56. The van der Waals surface area contributed by atoms with Gasteiger partial charge >= 0.3 is 0 Å². The van der Waals surface area contributed by atoms with Gasteiger partial charge in [0.2, 0.25) is 0 Å². The summed E-state index contributed by atoms with van der Waals surface area (Å²) in [6.07, 6.45) is 2.19. The van der Waals surface area contributed by atoms with E-state index in [-0.39, 0.29) is 0 Å². The van der Waals surface area contributed by atoms with Crippen LogP contribution in [0.3, 0.4) is 0 Å². The number of fused-ring (bicyclic) bond motifs is 1. The van der Waals surface area contributed by atoms with E-state index < -0.39 is 5.91 Å². The summed E-state index contributed by atoms with van der Waals surface area (Å²) in [4.78, 5) is 15.9. The van der Waals surface area contributed by atoms with Crippen LogP contribution in [-0.2, 0) is 6.42 Å². The zero-order chi connectivity index (χ0) is 14.8. The molecule has 1 aliphatic heterocycles. The number of carbonyl (C=O) groups excluding carboxylic acids is 1. The minimum Gasteiger partial charge on any atom is -0.385 e. The molecule has 0 saturated carbocycles. The van der Waals surface area contributed by atoms with Crippen LogP contribution in [0.4, 0.5) is 17.2 Å². The van der Waals surface area contributed by atoms with Gasteiger partial charge in [0.1, 0.15) is 5.82 Å². The lowest BCUT2D eigenvalue weighted by Gasteiger charge is -2.19. The Balaban J connectivity index is 1.93. The summed E-state index contributed by atoms with van der Waals surface area (Å²) in [7, 11) is 0. The second kappa shape index (κ2) is 5.44. The molecule has 5 nitrogen and oxygen atoms in total. The van der Waals surface area contributed by atoms with Gasteiger partial charge in [-0.25, -0.2) is 4.98 Å². The molecule has 0 atom stereocenters. The van der Waals surface area contributed by atoms with E-state index in [2.05, 4.69) is 27.8 Å². The fourth-order valence-corrected chi connectivity index (χ4v) is 2.54. The summed E-state index contributed by atoms with van der Waals surface area (Å²) in [5, 5.41) is 6.58. The Morgan fingerprint density at radius 1 is 1.33 bits per heavy atom. The molecule has 0 radical (unpaired) electrons. The summed E-state index contributed by atoms with van der Waals surface area (Å²) < 4.78 is 0. The van der Waals surface area contributed by atoms with Crippen LogP contribution < -0.4 is 16.4 Å². The number of pyridine rings is 1. The van der Waals surface area contributed by atoms with Crippen molar-refractivity contribution < 1.29 is 4.79 Å². The number of anilines is 3. The molecule has 0 bridgehead atoms. The minimum absolute atomic E-state index is 0.399. The summed E-state index contributed by atoms with van der Waals surface area (Å²) in [5.74, 6) is 0.0239. The first-order chi connectivity index (χ1) is 10.1. The first-order valence-corrected chi connectivity index (χ1v) is 7.05. The molecule has 0 saturated heterocycles. The average Bonchev–Trinajstić information content (AvgIpc) is 2.47. The number of hydrogen-bond donors (Lipinski definition) is 3. The number of nitrogens with zero attached hydrogens (tertiary/aromatic N) is 1. The number of rotatable bonds is 3. The van der Waals surface area contributed by atoms with E-state index in [1.54, 1.807) is 12.1 Å². The molecule has 3 rings (SSSR count). The summed E-state index contributed by atoms with van der Waals surface area (Å²) in [5.41, 5.74) is 10.0. The maximum absolute atomic E-state index is 11.5. The highest BCUT2D eigenvalue weighted by molar-refractivity contribution is 5.98. The normalized spacial score (nSPS) is 13.2. The Bertz CT molecular complexity index is 697. The predicted molar refractivity (Wildman–Crippen MR) is 84.0 cm³/mol. The lowest BCUT2D eigenvalue weighted by Crippen LogP contribution is -2.15. The second-order valence-electron chi connectivity index (χ2n) is 5.24. The van der Waals surface area contributed by atoms with Gasteiger partial charge in [0, 0.05) is 23.6 Å². The fourth-order valence-electron chi connectivity index (χ4n) is 2.54. The maximum Gasteiger partial charge on any atom is 0.252 e. The standard InChI is InChI=1S/C16H18N4O/c1-10-4-6-13(15(17)21)16(19-10)20-12-5-7-14-11(9-12)3-2-8-18-14/h4-7,9,18H,2-3,8H2,1H3,(H2,17,21)(H,19,20). The topological polar surface area (TPSA) is 80.0 Å². The predicted octanol–water partition coefficient (Wildman–Crippen LogP) is 2.59. The molecule has 1 aromatic carbocycles. The van der Waals surface area contributed by atoms with Crippen molar-refractivity contribution in [1.29, 1.82) is 0 Å². The van der Waals surface area contributed by atoms with Crippen molar-refractivity contribution in [3.8, 4) is 0 Å². The Labute approximate surface area is 123 Å². The van der Waals surface area contributed by atoms with Crippen LogP contribution in [0.25, 0.3) is 0 Å². The van der Waals surface area contributed by atoms with E-state index in [0.29, 0.717) is 11.4 Å². The summed E-state index contributed by atoms with van der Waals surface area (Å²) >= 11 is 0. The van der Waals surface area contributed by atoms with Crippen LogP contribution in [0.15, 0.2) is 30.3 Å². The SMILES string of the molecule is Cc1ccc(C(N)=O)c(Nc2ccc3c(c2)CCCN3)n1. The van der Waals surface area contributed by atoms with Gasteiger partial charge in [-0.3, -0.25) is 4.79 Å². The van der Waals surface area contributed by atoms with Crippen molar-refractivity contribution in [2.24, 2.45) is 5.73 Å². The van der Waals surface area contributed by atoms with Gasteiger partial charge in [0.15, 0.2) is 0 Å². The molecule has 2 heterocycles. The van der Waals surface area contributed by atoms with Crippen LogP contribution in [-0.4, -0.2) is 17.4 Å². The molecule has 2 aromatic rings. The molecule has 1 aliphatic rings. The number of primary amides is 1. The lowest BCUT2D eigenvalue weighted by atomic mass is 10.0. The Morgan fingerprint density at radius 2 is 2.19 bits per heavy atom. The van der Waals surface area contributed by atoms with Crippen molar-refractivity contribution in [3.63, 3.8) is 0 Å². The molecule has 4 N–H and O–H groups in total. The number of aryl methyl sites for hydroxylation is 2. The highest BCUT2D eigenvalue weighted by Gasteiger charge is 2.12. The summed E-state index contributed by atoms with van der Waals surface area (Å²) in [6.45, 7) is 2.90. The Kier molecular flexibility index (Phi) is 3.48. The number of amides is 1. The monoisotopic (exact) mass is 282 g/mol. The average molecular weight is 282 g/mol. The molecule has 0 fully saturated rings. The van der Waals surface area contributed by atoms with E-state index in [4.69, 9.17) is 5.73 Å². The molecular formula is C16H18N4O. The van der Waals surface area contributed by atoms with Gasteiger partial charge in [-0.1, -0.05) is 0 Å². The number of benzene rings is 1. The van der Waals surface area contributed by atoms with Gasteiger partial charge in [0.25, 0.3) is 5.91 Å². The van der Waals surface area contributed by atoms with Gasteiger partial charge in [-0.2, -0.15) is 0 Å². The van der Waals surface area contributed by atoms with Gasteiger partial charge in [0.05, 0.1) is 5.56 Å². The van der Waals surface area contributed by atoms with E-state index in [9.17, 15) is 4.79 Å². The van der Waals surface area contributed by atoms with Crippen molar-refractivity contribution in [3.05, 3.63) is 47.2 Å². The quantitative estimate of drug-likeness (QED) is 0.808. The first-order valence-electron chi connectivity index (χ1n) is 7.05. The molecule has 5 heteroatoms. The van der Waals surface area contributed by atoms with E-state index in [0.717, 1.165) is 30.8 Å². The van der Waals surface area contributed by atoms with Gasteiger partial charge < -0.3 is 16.4 Å².